The number of carbonyl (C=O) groups excluding carboxylic acids is 1. The van der Waals surface area contributed by atoms with Crippen molar-refractivity contribution in [3.63, 3.8) is 0 Å². The maximum atomic E-state index is 13.2. The Labute approximate surface area is 105 Å². The van der Waals surface area contributed by atoms with Gasteiger partial charge in [-0.05, 0) is 19.1 Å². The minimum Gasteiger partial charge on any atom is -0.394 e. The van der Waals surface area contributed by atoms with Crippen LogP contribution in [0.15, 0.2) is 24.3 Å². The summed E-state index contributed by atoms with van der Waals surface area (Å²) in [5, 5.41) is 23.1. The Morgan fingerprint density at radius 3 is 2.50 bits per heavy atom. The normalized spacial score (nSPS) is 11.3. The van der Waals surface area contributed by atoms with E-state index in [1.807, 2.05) is 0 Å². The molecule has 4 N–H and O–H groups in total. The summed E-state index contributed by atoms with van der Waals surface area (Å²) in [5.41, 5.74) is -0.842. The second-order valence-corrected chi connectivity index (χ2v) is 4.26. The van der Waals surface area contributed by atoms with Crippen LogP contribution in [0.4, 0.5) is 10.1 Å². The van der Waals surface area contributed by atoms with Gasteiger partial charge in [0.15, 0.2) is 0 Å². The first kappa shape index (κ1) is 14.6. The lowest BCUT2D eigenvalue weighted by atomic mass is 10.1. The molecule has 18 heavy (non-hydrogen) atoms. The molecule has 1 aromatic carbocycles. The molecule has 0 aliphatic carbocycles. The summed E-state index contributed by atoms with van der Waals surface area (Å²) in [7, 11) is 0. The van der Waals surface area contributed by atoms with Gasteiger partial charge in [-0.15, -0.1) is 0 Å². The number of aliphatic hydroxyl groups excluding tert-OH is 2. The lowest BCUT2D eigenvalue weighted by Gasteiger charge is -2.25. The molecular weight excluding hydrogens is 239 g/mol. The highest BCUT2D eigenvalue weighted by molar-refractivity contribution is 5.92. The maximum absolute atomic E-state index is 13.2. The van der Waals surface area contributed by atoms with E-state index in [-0.39, 0.29) is 25.4 Å². The van der Waals surface area contributed by atoms with Crippen LogP contribution in [0.1, 0.15) is 6.92 Å². The maximum Gasteiger partial charge on any atom is 0.238 e. The van der Waals surface area contributed by atoms with Crippen molar-refractivity contribution in [1.82, 2.24) is 5.32 Å². The molecule has 0 aromatic heterocycles. The number of rotatable bonds is 6. The van der Waals surface area contributed by atoms with Gasteiger partial charge in [-0.25, -0.2) is 4.39 Å². The van der Waals surface area contributed by atoms with E-state index in [4.69, 9.17) is 10.2 Å². The fourth-order valence-electron chi connectivity index (χ4n) is 1.21. The number of hydrogen-bond acceptors (Lipinski definition) is 4. The van der Waals surface area contributed by atoms with Gasteiger partial charge in [-0.1, -0.05) is 12.1 Å². The number of carbonyl (C=O) groups is 1. The molecule has 0 spiro atoms. The number of nitrogens with one attached hydrogen (secondary N) is 2. The molecule has 5 nitrogen and oxygen atoms in total. The average molecular weight is 256 g/mol. The first-order valence-corrected chi connectivity index (χ1v) is 5.52. The van der Waals surface area contributed by atoms with Gasteiger partial charge in [0.1, 0.15) is 5.82 Å². The fraction of sp³-hybridized carbons (Fsp3) is 0.417. The Morgan fingerprint density at radius 2 is 1.94 bits per heavy atom. The highest BCUT2D eigenvalue weighted by atomic mass is 19.1. The molecule has 0 bridgehead atoms. The number of hydrogen-bond donors (Lipinski definition) is 4. The van der Waals surface area contributed by atoms with Gasteiger partial charge in [-0.2, -0.15) is 0 Å². The quantitative estimate of drug-likeness (QED) is 0.582. The molecule has 0 heterocycles. The summed E-state index contributed by atoms with van der Waals surface area (Å²) >= 11 is 0. The minimum atomic E-state index is -0.938. The lowest BCUT2D eigenvalue weighted by Crippen LogP contribution is -2.51. The summed E-state index contributed by atoms with van der Waals surface area (Å²) in [6.45, 7) is 0.822. The zero-order chi connectivity index (χ0) is 13.6. The molecule has 0 saturated carbocycles. The van der Waals surface area contributed by atoms with Crippen molar-refractivity contribution in [2.24, 2.45) is 0 Å². The van der Waals surface area contributed by atoms with Crippen LogP contribution in [0.5, 0.6) is 0 Å². The number of aliphatic hydroxyl groups is 2. The number of benzene rings is 1. The standard InChI is InChI=1S/C12H17FN2O3/c1-12(7-16,8-17)14-6-11(18)15-10-5-3-2-4-9(10)13/h2-5,14,16-17H,6-8H2,1H3,(H,15,18). The molecule has 1 amide bonds. The van der Waals surface area contributed by atoms with Crippen LogP contribution in [0.3, 0.4) is 0 Å². The Morgan fingerprint density at radius 1 is 1.33 bits per heavy atom. The first-order chi connectivity index (χ1) is 8.50. The molecule has 6 heteroatoms. The molecule has 100 valence electrons. The SMILES string of the molecule is CC(CO)(CO)NCC(=O)Nc1ccccc1F. The van der Waals surface area contributed by atoms with E-state index in [0.29, 0.717) is 0 Å². The molecule has 0 unspecified atom stereocenters. The van der Waals surface area contributed by atoms with E-state index in [1.54, 1.807) is 13.0 Å². The average Bonchev–Trinajstić information content (AvgIpc) is 2.39. The van der Waals surface area contributed by atoms with Crippen molar-refractivity contribution in [2.75, 3.05) is 25.1 Å². The number of para-hydroxylation sites is 1. The first-order valence-electron chi connectivity index (χ1n) is 5.52. The van der Waals surface area contributed by atoms with Gasteiger partial charge in [0.05, 0.1) is 31.0 Å². The number of anilines is 1. The van der Waals surface area contributed by atoms with Crippen LogP contribution in [0, 0.1) is 5.82 Å². The zero-order valence-electron chi connectivity index (χ0n) is 10.1. The van der Waals surface area contributed by atoms with E-state index < -0.39 is 17.3 Å². The van der Waals surface area contributed by atoms with Crippen molar-refractivity contribution in [3.8, 4) is 0 Å². The van der Waals surface area contributed by atoms with E-state index in [9.17, 15) is 9.18 Å². The van der Waals surface area contributed by atoms with Gasteiger partial charge in [0.2, 0.25) is 5.91 Å². The molecule has 0 radical (unpaired) electrons. The van der Waals surface area contributed by atoms with Crippen LogP contribution < -0.4 is 10.6 Å². The Balaban J connectivity index is 2.50. The molecule has 0 fully saturated rings. The van der Waals surface area contributed by atoms with Crippen LogP contribution in [-0.4, -0.2) is 41.4 Å². The van der Waals surface area contributed by atoms with Crippen molar-refractivity contribution in [2.45, 2.75) is 12.5 Å². The Hall–Kier alpha value is -1.50. The van der Waals surface area contributed by atoms with Crippen LogP contribution in [0.25, 0.3) is 0 Å². The molecule has 1 rings (SSSR count). The third-order valence-corrected chi connectivity index (χ3v) is 2.52. The Bertz CT molecular complexity index is 408. The van der Waals surface area contributed by atoms with E-state index in [0.717, 1.165) is 0 Å². The molecule has 0 aliphatic heterocycles. The minimum absolute atomic E-state index is 0.0963. The number of halogens is 1. The van der Waals surface area contributed by atoms with Crippen molar-refractivity contribution >= 4 is 11.6 Å². The van der Waals surface area contributed by atoms with Gasteiger partial charge < -0.3 is 15.5 Å². The monoisotopic (exact) mass is 256 g/mol. The highest BCUT2D eigenvalue weighted by Gasteiger charge is 2.22. The highest BCUT2D eigenvalue weighted by Crippen LogP contribution is 2.11. The van der Waals surface area contributed by atoms with Gasteiger partial charge >= 0.3 is 0 Å². The summed E-state index contributed by atoms with van der Waals surface area (Å²) < 4.78 is 13.2. The molecule has 0 saturated heterocycles. The summed E-state index contributed by atoms with van der Waals surface area (Å²) in [4.78, 5) is 11.5. The van der Waals surface area contributed by atoms with Crippen molar-refractivity contribution < 1.29 is 19.4 Å². The van der Waals surface area contributed by atoms with Gasteiger partial charge in [-0.3, -0.25) is 10.1 Å². The summed E-state index contributed by atoms with van der Waals surface area (Å²) in [6.07, 6.45) is 0. The van der Waals surface area contributed by atoms with E-state index >= 15 is 0 Å². The van der Waals surface area contributed by atoms with Crippen molar-refractivity contribution in [1.29, 1.82) is 0 Å². The van der Waals surface area contributed by atoms with Crippen LogP contribution in [0.2, 0.25) is 0 Å². The smallest absolute Gasteiger partial charge is 0.238 e. The Kier molecular flexibility index (Phi) is 5.21. The second-order valence-electron chi connectivity index (χ2n) is 4.26. The third-order valence-electron chi connectivity index (χ3n) is 2.52. The molecule has 1 aromatic rings. The molecular formula is C12H17FN2O3. The molecule has 0 atom stereocenters. The summed E-state index contributed by atoms with van der Waals surface area (Å²) in [5.74, 6) is -0.967. The number of amides is 1. The van der Waals surface area contributed by atoms with Crippen molar-refractivity contribution in [3.05, 3.63) is 30.1 Å². The van der Waals surface area contributed by atoms with Gasteiger partial charge in [0, 0.05) is 0 Å². The van der Waals surface area contributed by atoms with E-state index in [1.165, 1.54) is 18.2 Å². The third kappa shape index (κ3) is 4.06. The zero-order valence-corrected chi connectivity index (χ0v) is 10.1. The van der Waals surface area contributed by atoms with Crippen LogP contribution >= 0.6 is 0 Å². The van der Waals surface area contributed by atoms with Crippen LogP contribution in [-0.2, 0) is 4.79 Å². The fourth-order valence-corrected chi connectivity index (χ4v) is 1.21. The predicted octanol–water partition coefficient (Wildman–Crippen LogP) is 0.0971. The summed E-state index contributed by atoms with van der Waals surface area (Å²) in [6, 6.07) is 5.83. The lowest BCUT2D eigenvalue weighted by molar-refractivity contribution is -0.115. The topological polar surface area (TPSA) is 81.6 Å². The predicted molar refractivity (Wildman–Crippen MR) is 65.6 cm³/mol. The largest absolute Gasteiger partial charge is 0.394 e. The molecule has 0 aliphatic rings. The second kappa shape index (κ2) is 6.44. The van der Waals surface area contributed by atoms with Gasteiger partial charge in [0.25, 0.3) is 0 Å². The van der Waals surface area contributed by atoms with E-state index in [2.05, 4.69) is 10.6 Å².